The molecule has 5 rings (SSSR count). The fourth-order valence-electron chi connectivity index (χ4n) is 3.82. The number of anilines is 4. The SMILES string of the molecule is Cn1c(=O)c2c(nc(Nc3nc(Nc4ccc(S(N)(=O)=O)cc4)cs3)n2Cc2ccccc2)n(C)c1=O. The van der Waals surface area contributed by atoms with Crippen LogP contribution in [-0.2, 0) is 30.7 Å². The number of aromatic nitrogens is 5. The summed E-state index contributed by atoms with van der Waals surface area (Å²) in [4.78, 5) is 34.7. The third-order valence-corrected chi connectivity index (χ3v) is 7.40. The summed E-state index contributed by atoms with van der Waals surface area (Å²) in [5, 5.41) is 13.7. The number of sulfonamides is 1. The summed E-state index contributed by atoms with van der Waals surface area (Å²) in [5.74, 6) is 0.875. The number of rotatable bonds is 7. The lowest BCUT2D eigenvalue weighted by molar-refractivity contribution is 0.598. The number of nitrogens with two attached hydrogens (primary N) is 1. The van der Waals surface area contributed by atoms with E-state index in [0.29, 0.717) is 34.6 Å². The Morgan fingerprint density at radius 3 is 2.32 bits per heavy atom. The Labute approximate surface area is 214 Å². The Hall–Kier alpha value is -4.27. The standard InChI is InChI=1S/C23H22N8O4S2/c1-29-19-18(20(32)30(2)23(29)33)31(12-14-6-4-3-5-7-14)21(27-19)28-22-26-17(13-36-22)25-15-8-10-16(11-9-15)37(24,34)35/h3-11,13,25H,12H2,1-2H3,(H2,24,34,35)(H,26,27,28). The van der Waals surface area contributed by atoms with Crippen molar-refractivity contribution in [3.05, 3.63) is 86.4 Å². The number of imidazole rings is 1. The number of benzene rings is 2. The lowest BCUT2D eigenvalue weighted by Crippen LogP contribution is -2.37. The molecular formula is C23H22N8O4S2. The van der Waals surface area contributed by atoms with Gasteiger partial charge in [0, 0.05) is 25.2 Å². The average Bonchev–Trinajstić information content (AvgIpc) is 3.46. The largest absolute Gasteiger partial charge is 0.339 e. The molecule has 190 valence electrons. The van der Waals surface area contributed by atoms with Crippen LogP contribution in [0.5, 0.6) is 0 Å². The minimum absolute atomic E-state index is 0.0107. The maximum Gasteiger partial charge on any atom is 0.332 e. The summed E-state index contributed by atoms with van der Waals surface area (Å²) >= 11 is 1.30. The maximum atomic E-state index is 13.1. The fourth-order valence-corrected chi connectivity index (χ4v) is 4.97. The molecule has 14 heteroatoms. The van der Waals surface area contributed by atoms with Crippen LogP contribution in [0.2, 0.25) is 0 Å². The Morgan fingerprint density at radius 1 is 0.946 bits per heavy atom. The van der Waals surface area contributed by atoms with Gasteiger partial charge in [0.25, 0.3) is 5.56 Å². The van der Waals surface area contributed by atoms with Crippen LogP contribution in [0, 0.1) is 0 Å². The molecule has 5 aromatic rings. The zero-order valence-electron chi connectivity index (χ0n) is 19.7. The molecule has 0 atom stereocenters. The molecule has 0 radical (unpaired) electrons. The van der Waals surface area contributed by atoms with Gasteiger partial charge in [0.05, 0.1) is 11.4 Å². The summed E-state index contributed by atoms with van der Waals surface area (Å²) in [6.45, 7) is 0.347. The van der Waals surface area contributed by atoms with Crippen molar-refractivity contribution in [2.75, 3.05) is 10.6 Å². The molecule has 37 heavy (non-hydrogen) atoms. The molecule has 0 fully saturated rings. The van der Waals surface area contributed by atoms with Crippen molar-refractivity contribution >= 4 is 55.1 Å². The third-order valence-electron chi connectivity index (χ3n) is 5.71. The Bertz CT molecular complexity index is 1840. The molecule has 0 spiro atoms. The van der Waals surface area contributed by atoms with Crippen LogP contribution < -0.4 is 27.0 Å². The number of thiazole rings is 1. The highest BCUT2D eigenvalue weighted by molar-refractivity contribution is 7.89. The predicted molar refractivity (Wildman–Crippen MR) is 142 cm³/mol. The molecule has 0 aliphatic heterocycles. The van der Waals surface area contributed by atoms with Gasteiger partial charge >= 0.3 is 5.69 Å². The van der Waals surface area contributed by atoms with Crippen molar-refractivity contribution in [2.24, 2.45) is 19.2 Å². The molecule has 2 aromatic carbocycles. The number of nitrogens with zero attached hydrogens (tertiary/aromatic N) is 5. The van der Waals surface area contributed by atoms with Gasteiger partial charge in [0.2, 0.25) is 16.0 Å². The Balaban J connectivity index is 1.49. The van der Waals surface area contributed by atoms with E-state index in [0.717, 1.165) is 10.1 Å². The zero-order valence-corrected chi connectivity index (χ0v) is 21.4. The van der Waals surface area contributed by atoms with Gasteiger partial charge in [0.15, 0.2) is 16.3 Å². The molecule has 0 aliphatic carbocycles. The second-order valence-electron chi connectivity index (χ2n) is 8.24. The minimum Gasteiger partial charge on any atom is -0.339 e. The van der Waals surface area contributed by atoms with E-state index in [9.17, 15) is 18.0 Å². The van der Waals surface area contributed by atoms with E-state index in [1.165, 1.54) is 35.1 Å². The zero-order chi connectivity index (χ0) is 26.3. The van der Waals surface area contributed by atoms with E-state index >= 15 is 0 Å². The topological polar surface area (TPSA) is 159 Å². The van der Waals surface area contributed by atoms with E-state index in [2.05, 4.69) is 20.6 Å². The van der Waals surface area contributed by atoms with E-state index in [4.69, 9.17) is 5.14 Å². The van der Waals surface area contributed by atoms with Crippen LogP contribution in [0.25, 0.3) is 11.2 Å². The van der Waals surface area contributed by atoms with Crippen molar-refractivity contribution in [2.45, 2.75) is 11.4 Å². The summed E-state index contributed by atoms with van der Waals surface area (Å²) in [6, 6.07) is 15.6. The van der Waals surface area contributed by atoms with E-state index in [1.807, 2.05) is 30.3 Å². The van der Waals surface area contributed by atoms with Crippen molar-refractivity contribution in [3.63, 3.8) is 0 Å². The summed E-state index contributed by atoms with van der Waals surface area (Å²) in [7, 11) is -0.773. The number of nitrogens with one attached hydrogen (secondary N) is 2. The first-order valence-corrected chi connectivity index (χ1v) is 13.4. The predicted octanol–water partition coefficient (Wildman–Crippen LogP) is 2.07. The molecule has 4 N–H and O–H groups in total. The molecule has 0 aliphatic rings. The fraction of sp³-hybridized carbons (Fsp3) is 0.130. The van der Waals surface area contributed by atoms with Crippen molar-refractivity contribution in [3.8, 4) is 0 Å². The van der Waals surface area contributed by atoms with Gasteiger partial charge in [-0.2, -0.15) is 4.98 Å². The van der Waals surface area contributed by atoms with Crippen LogP contribution in [-0.4, -0.2) is 32.1 Å². The molecule has 3 aromatic heterocycles. The van der Waals surface area contributed by atoms with Gasteiger partial charge in [-0.05, 0) is 29.8 Å². The highest BCUT2D eigenvalue weighted by Gasteiger charge is 2.20. The number of hydrogen-bond acceptors (Lipinski definition) is 9. The molecule has 12 nitrogen and oxygen atoms in total. The average molecular weight is 539 g/mol. The van der Waals surface area contributed by atoms with Crippen LogP contribution in [0.3, 0.4) is 0 Å². The summed E-state index contributed by atoms with van der Waals surface area (Å²) < 4.78 is 27.0. The highest BCUT2D eigenvalue weighted by atomic mass is 32.2. The molecular weight excluding hydrogens is 516 g/mol. The minimum atomic E-state index is -3.78. The molecule has 0 unspecified atom stereocenters. The van der Waals surface area contributed by atoms with Crippen LogP contribution >= 0.6 is 11.3 Å². The van der Waals surface area contributed by atoms with Crippen LogP contribution in [0.1, 0.15) is 5.56 Å². The van der Waals surface area contributed by atoms with Crippen molar-refractivity contribution < 1.29 is 8.42 Å². The molecule has 0 bridgehead atoms. The van der Waals surface area contributed by atoms with Crippen molar-refractivity contribution in [1.82, 2.24) is 23.7 Å². The Morgan fingerprint density at radius 2 is 1.65 bits per heavy atom. The number of hydrogen-bond donors (Lipinski definition) is 3. The number of aryl methyl sites for hydroxylation is 1. The van der Waals surface area contributed by atoms with E-state index in [-0.39, 0.29) is 10.5 Å². The monoisotopic (exact) mass is 538 g/mol. The first-order chi connectivity index (χ1) is 17.6. The van der Waals surface area contributed by atoms with Gasteiger partial charge in [0.1, 0.15) is 5.82 Å². The second kappa shape index (κ2) is 9.31. The Kier molecular flexibility index (Phi) is 6.15. The first kappa shape index (κ1) is 24.4. The normalized spacial score (nSPS) is 11.6. The second-order valence-corrected chi connectivity index (χ2v) is 10.7. The quantitative estimate of drug-likeness (QED) is 0.284. The number of fused-ring (bicyclic) bond motifs is 1. The number of primary sulfonamides is 1. The maximum absolute atomic E-state index is 13.1. The lowest BCUT2D eigenvalue weighted by Gasteiger charge is -2.10. The van der Waals surface area contributed by atoms with Gasteiger partial charge in [-0.3, -0.25) is 18.5 Å². The van der Waals surface area contributed by atoms with Gasteiger partial charge in [-0.1, -0.05) is 30.3 Å². The molecule has 0 saturated carbocycles. The summed E-state index contributed by atoms with van der Waals surface area (Å²) in [6.07, 6.45) is 0. The van der Waals surface area contributed by atoms with Crippen LogP contribution in [0.4, 0.5) is 22.6 Å². The molecule has 0 saturated heterocycles. The molecule has 3 heterocycles. The van der Waals surface area contributed by atoms with Gasteiger partial charge in [-0.15, -0.1) is 11.3 Å². The highest BCUT2D eigenvalue weighted by Crippen LogP contribution is 2.27. The van der Waals surface area contributed by atoms with Crippen molar-refractivity contribution in [1.29, 1.82) is 0 Å². The van der Waals surface area contributed by atoms with E-state index < -0.39 is 21.3 Å². The smallest absolute Gasteiger partial charge is 0.332 e. The third kappa shape index (κ3) is 4.76. The van der Waals surface area contributed by atoms with Gasteiger partial charge in [-0.25, -0.2) is 23.3 Å². The van der Waals surface area contributed by atoms with E-state index in [1.54, 1.807) is 29.1 Å². The van der Waals surface area contributed by atoms with Gasteiger partial charge < -0.3 is 10.6 Å². The first-order valence-electron chi connectivity index (χ1n) is 10.9. The summed E-state index contributed by atoms with van der Waals surface area (Å²) in [5.41, 5.74) is 1.21. The van der Waals surface area contributed by atoms with Crippen LogP contribution in [0.15, 0.2) is 74.5 Å². The lowest BCUT2D eigenvalue weighted by atomic mass is 10.2. The molecule has 0 amide bonds.